The van der Waals surface area contributed by atoms with Crippen LogP contribution in [0.1, 0.15) is 10.5 Å². The Morgan fingerprint density at radius 1 is 0.896 bits per heavy atom. The summed E-state index contributed by atoms with van der Waals surface area (Å²) in [6, 6.07) is 15.0. The summed E-state index contributed by atoms with van der Waals surface area (Å²) in [5.74, 6) is 0.921. The average Bonchev–Trinajstić information content (AvgIpc) is 3.74. The zero-order chi connectivity index (χ0) is 33.9. The molecule has 0 bridgehead atoms. The summed E-state index contributed by atoms with van der Waals surface area (Å²) < 4.78 is 11.4. The maximum atomic E-state index is 13.1. The Morgan fingerprint density at radius 2 is 1.54 bits per heavy atom. The molecule has 5 aromatic heterocycles. The number of aryl methyl sites for hydroxylation is 1. The minimum Gasteiger partial charge on any atom is -0.495 e. The second-order valence-corrected chi connectivity index (χ2v) is 11.5. The fourth-order valence-corrected chi connectivity index (χ4v) is 6.13. The van der Waals surface area contributed by atoms with Crippen molar-refractivity contribution in [3.63, 3.8) is 0 Å². The molecule has 5 heterocycles. The van der Waals surface area contributed by atoms with Gasteiger partial charge in [0.05, 0.1) is 49.9 Å². The number of aromatic nitrogens is 9. The number of hydrogen-bond acceptors (Lipinski definition) is 12. The molecule has 0 aliphatic carbocycles. The molecule has 1 amide bonds. The van der Waals surface area contributed by atoms with Crippen LogP contribution in [0.15, 0.2) is 61.2 Å². The van der Waals surface area contributed by atoms with Crippen LogP contribution in [-0.2, 0) is 20.1 Å². The van der Waals surface area contributed by atoms with Crippen LogP contribution in [0, 0.1) is 3.70 Å². The maximum absolute atomic E-state index is 13.1. The van der Waals surface area contributed by atoms with Crippen molar-refractivity contribution in [2.75, 3.05) is 37.1 Å². The standard InChI is InChI=1S/C24H23N7O3.C7H8IN5O/c1-30-17-6-4-3-5-14(17)11-18(30)24(33)28-16-8-7-15(12-19(16)34-2)21-20-22(25)26-13-27-23(20)31(29-21)9-10-32;8-5-4-6(9)10-3-11-7(4)13(12-5)1-2-14/h3-8,11-13,32H,9-10H2,1-2H3,(H,28,33)(H2,25,26,27);3,14H,1-2H2,(H2,9,10,11). The van der Waals surface area contributed by atoms with E-state index in [1.54, 1.807) is 21.5 Å². The number of methoxy groups -OCH3 is 1. The molecular formula is C31H31IN12O4. The highest BCUT2D eigenvalue weighted by atomic mass is 127. The minimum atomic E-state index is -0.250. The van der Waals surface area contributed by atoms with Crippen molar-refractivity contribution in [2.24, 2.45) is 7.05 Å². The van der Waals surface area contributed by atoms with Gasteiger partial charge in [0.25, 0.3) is 5.91 Å². The first-order valence-corrected chi connectivity index (χ1v) is 15.7. The monoisotopic (exact) mass is 762 g/mol. The van der Waals surface area contributed by atoms with E-state index in [0.717, 1.165) is 20.0 Å². The largest absolute Gasteiger partial charge is 0.495 e. The molecule has 16 nitrogen and oxygen atoms in total. The Bertz CT molecular complexity index is 2280. The number of fused-ring (bicyclic) bond motifs is 3. The van der Waals surface area contributed by atoms with E-state index in [2.05, 4.69) is 58.0 Å². The summed E-state index contributed by atoms with van der Waals surface area (Å²) in [5, 5.41) is 32.3. The Labute approximate surface area is 286 Å². The molecule has 0 unspecified atom stereocenters. The molecule has 2 aromatic carbocycles. The van der Waals surface area contributed by atoms with Crippen molar-refractivity contribution >= 4 is 78.8 Å². The van der Waals surface area contributed by atoms with Crippen molar-refractivity contribution in [1.29, 1.82) is 0 Å². The number of nitrogens with two attached hydrogens (primary N) is 2. The first-order chi connectivity index (χ1) is 23.2. The highest BCUT2D eigenvalue weighted by Gasteiger charge is 2.20. The number of para-hydroxylation sites is 1. The van der Waals surface area contributed by atoms with E-state index < -0.39 is 0 Å². The van der Waals surface area contributed by atoms with E-state index in [1.165, 1.54) is 19.8 Å². The van der Waals surface area contributed by atoms with E-state index in [9.17, 15) is 9.90 Å². The van der Waals surface area contributed by atoms with Crippen molar-refractivity contribution in [2.45, 2.75) is 13.1 Å². The fourth-order valence-electron chi connectivity index (χ4n) is 5.36. The number of hydrogen-bond donors (Lipinski definition) is 5. The van der Waals surface area contributed by atoms with Gasteiger partial charge in [0.15, 0.2) is 11.3 Å². The number of carbonyl (C=O) groups excluding carboxylic acids is 1. The number of nitrogen functional groups attached to an aromatic ring is 2. The molecule has 17 heteroatoms. The smallest absolute Gasteiger partial charge is 0.272 e. The van der Waals surface area contributed by atoms with Gasteiger partial charge in [0, 0.05) is 23.5 Å². The third-order valence-electron chi connectivity index (χ3n) is 7.61. The second kappa shape index (κ2) is 13.8. The zero-order valence-corrected chi connectivity index (χ0v) is 28.0. The van der Waals surface area contributed by atoms with E-state index in [4.69, 9.17) is 21.3 Å². The lowest BCUT2D eigenvalue weighted by atomic mass is 10.1. The number of rotatable bonds is 8. The summed E-state index contributed by atoms with van der Waals surface area (Å²) in [5.41, 5.74) is 16.3. The van der Waals surface area contributed by atoms with Gasteiger partial charge in [-0.2, -0.15) is 10.2 Å². The third kappa shape index (κ3) is 6.05. The first-order valence-electron chi connectivity index (χ1n) is 14.6. The van der Waals surface area contributed by atoms with Gasteiger partial charge in [-0.3, -0.25) is 4.79 Å². The Morgan fingerprint density at radius 3 is 2.21 bits per heavy atom. The third-order valence-corrected chi connectivity index (χ3v) is 8.36. The molecule has 0 aliphatic rings. The predicted octanol–water partition coefficient (Wildman–Crippen LogP) is 2.83. The van der Waals surface area contributed by atoms with E-state index in [-0.39, 0.29) is 31.5 Å². The molecule has 0 fully saturated rings. The Hall–Kier alpha value is -5.40. The number of nitrogens with one attached hydrogen (secondary N) is 1. The van der Waals surface area contributed by atoms with Gasteiger partial charge in [-0.05, 0) is 46.9 Å². The van der Waals surface area contributed by atoms with Crippen LogP contribution >= 0.6 is 22.6 Å². The maximum Gasteiger partial charge on any atom is 0.272 e. The zero-order valence-electron chi connectivity index (χ0n) is 25.9. The molecule has 7 N–H and O–H groups in total. The van der Waals surface area contributed by atoms with Gasteiger partial charge in [-0.15, -0.1) is 0 Å². The van der Waals surface area contributed by atoms with Crippen molar-refractivity contribution in [3.8, 4) is 17.0 Å². The van der Waals surface area contributed by atoms with Crippen molar-refractivity contribution in [3.05, 3.63) is 70.6 Å². The SMILES string of the molecule is COc1cc(-c2nn(CCO)c3ncnc(N)c23)ccc1NC(=O)c1cc2ccccc2n1C.Nc1ncnc2c1c(I)nn2CCO. The van der Waals surface area contributed by atoms with Crippen LogP contribution in [0.3, 0.4) is 0 Å². The number of anilines is 3. The van der Waals surface area contributed by atoms with Crippen LogP contribution in [0.4, 0.5) is 17.3 Å². The number of amides is 1. The van der Waals surface area contributed by atoms with Gasteiger partial charge < -0.3 is 36.3 Å². The minimum absolute atomic E-state index is 0.0246. The fraction of sp³-hybridized carbons (Fsp3) is 0.194. The summed E-state index contributed by atoms with van der Waals surface area (Å²) in [6.07, 6.45) is 2.76. The number of nitrogens with zero attached hydrogens (tertiary/aromatic N) is 9. The first kappa shape index (κ1) is 32.5. The lowest BCUT2D eigenvalue weighted by Gasteiger charge is -2.12. The molecule has 7 rings (SSSR count). The van der Waals surface area contributed by atoms with Crippen molar-refractivity contribution in [1.82, 2.24) is 44.1 Å². The van der Waals surface area contributed by atoms with Crippen LogP contribution in [0.25, 0.3) is 44.2 Å². The normalized spacial score (nSPS) is 11.2. The lowest BCUT2D eigenvalue weighted by Crippen LogP contribution is -2.16. The predicted molar refractivity (Wildman–Crippen MR) is 189 cm³/mol. The van der Waals surface area contributed by atoms with E-state index >= 15 is 0 Å². The summed E-state index contributed by atoms with van der Waals surface area (Å²) in [7, 11) is 3.39. The molecule has 0 aliphatic heterocycles. The van der Waals surface area contributed by atoms with Gasteiger partial charge in [0.1, 0.15) is 45.1 Å². The Kier molecular flexibility index (Phi) is 9.33. The van der Waals surface area contributed by atoms with Crippen LogP contribution in [0.5, 0.6) is 5.75 Å². The number of carbonyl (C=O) groups is 1. The molecule has 7 aromatic rings. The molecule has 48 heavy (non-hydrogen) atoms. The quantitative estimate of drug-likeness (QED) is 0.141. The lowest BCUT2D eigenvalue weighted by molar-refractivity contribution is 0.101. The molecule has 0 radical (unpaired) electrons. The topological polar surface area (TPSA) is 223 Å². The van der Waals surface area contributed by atoms with Crippen LogP contribution < -0.4 is 21.5 Å². The molecule has 246 valence electrons. The molecular weight excluding hydrogens is 731 g/mol. The highest BCUT2D eigenvalue weighted by Crippen LogP contribution is 2.35. The Balaban J connectivity index is 0.000000239. The summed E-state index contributed by atoms with van der Waals surface area (Å²) >= 11 is 2.07. The average molecular weight is 763 g/mol. The number of aliphatic hydroxyl groups is 2. The molecule has 0 saturated carbocycles. The molecule has 0 atom stereocenters. The van der Waals surface area contributed by atoms with E-state index in [1.807, 2.05) is 48.0 Å². The van der Waals surface area contributed by atoms with Crippen molar-refractivity contribution < 1.29 is 19.7 Å². The van der Waals surface area contributed by atoms with Gasteiger partial charge >= 0.3 is 0 Å². The number of benzene rings is 2. The molecule has 0 spiro atoms. The van der Waals surface area contributed by atoms with E-state index in [0.29, 0.717) is 57.4 Å². The number of halogens is 1. The van der Waals surface area contributed by atoms with Gasteiger partial charge in [0.2, 0.25) is 0 Å². The second-order valence-electron chi connectivity index (χ2n) is 10.5. The van der Waals surface area contributed by atoms with Crippen LogP contribution in [-0.4, -0.2) is 80.5 Å². The number of aliphatic hydroxyl groups excluding tert-OH is 2. The summed E-state index contributed by atoms with van der Waals surface area (Å²) in [4.78, 5) is 29.4. The number of ether oxygens (including phenoxy) is 1. The van der Waals surface area contributed by atoms with Crippen LogP contribution in [0.2, 0.25) is 0 Å². The van der Waals surface area contributed by atoms with Gasteiger partial charge in [-0.25, -0.2) is 29.3 Å². The van der Waals surface area contributed by atoms with Gasteiger partial charge in [-0.1, -0.05) is 24.3 Å². The highest BCUT2D eigenvalue weighted by molar-refractivity contribution is 14.1. The summed E-state index contributed by atoms with van der Waals surface area (Å²) in [6.45, 7) is 0.610. The molecule has 0 saturated heterocycles.